The van der Waals surface area contributed by atoms with E-state index in [-0.39, 0.29) is 0 Å². The van der Waals surface area contributed by atoms with Gasteiger partial charge in [-0.25, -0.2) is 0 Å². The number of hydrogen-bond donors (Lipinski definition) is 0. The summed E-state index contributed by atoms with van der Waals surface area (Å²) in [5, 5.41) is 0. The zero-order valence-electron chi connectivity index (χ0n) is 8.72. The number of unbranched alkanes of at least 4 members (excludes halogenated alkanes) is 2. The number of alkyl halides is 1. The molecule has 0 aliphatic carbocycles. The van der Waals surface area contributed by atoms with Crippen LogP contribution in [0.1, 0.15) is 32.6 Å². The quantitative estimate of drug-likeness (QED) is 0.464. The monoisotopic (exact) mass is 252 g/mol. The molecule has 0 aliphatic heterocycles. The van der Waals surface area contributed by atoms with Crippen molar-refractivity contribution in [2.75, 3.05) is 26.9 Å². The van der Waals surface area contributed by atoms with Gasteiger partial charge >= 0.3 is 0 Å². The summed E-state index contributed by atoms with van der Waals surface area (Å²) < 4.78 is 10.2. The highest BCUT2D eigenvalue weighted by atomic mass is 79.9. The lowest BCUT2D eigenvalue weighted by atomic mass is 10.2. The minimum absolute atomic E-state index is 0.655. The second kappa shape index (κ2) is 10.5. The van der Waals surface area contributed by atoms with Crippen molar-refractivity contribution in [1.29, 1.82) is 0 Å². The van der Waals surface area contributed by atoms with Gasteiger partial charge in [-0.3, -0.25) is 0 Å². The van der Waals surface area contributed by atoms with Gasteiger partial charge in [0.25, 0.3) is 0 Å². The van der Waals surface area contributed by atoms with E-state index in [1.165, 1.54) is 25.7 Å². The smallest absolute Gasteiger partial charge is 0.0700 e. The first-order chi connectivity index (χ1) is 6.27. The summed E-state index contributed by atoms with van der Waals surface area (Å²) in [6.45, 7) is 4.50. The Morgan fingerprint density at radius 3 is 2.46 bits per heavy atom. The molecule has 0 aromatic heterocycles. The standard InChI is InChI=1S/C10H21BrO2/c1-10(11)6-4-3-5-7-13-9-8-12-2/h10H,3-9H2,1-2H3. The fraction of sp³-hybridized carbons (Fsp3) is 1.00. The normalized spacial score (nSPS) is 13.2. The van der Waals surface area contributed by atoms with Crippen molar-refractivity contribution in [3.05, 3.63) is 0 Å². The summed E-state index contributed by atoms with van der Waals surface area (Å²) in [6, 6.07) is 0. The van der Waals surface area contributed by atoms with Gasteiger partial charge in [0.15, 0.2) is 0 Å². The van der Waals surface area contributed by atoms with Crippen LogP contribution >= 0.6 is 15.9 Å². The summed E-state index contributed by atoms with van der Waals surface area (Å²) in [4.78, 5) is 0.655. The maximum atomic E-state index is 5.34. The van der Waals surface area contributed by atoms with Gasteiger partial charge in [-0.2, -0.15) is 0 Å². The summed E-state index contributed by atoms with van der Waals surface area (Å²) in [5.41, 5.74) is 0. The van der Waals surface area contributed by atoms with Crippen LogP contribution in [-0.4, -0.2) is 31.8 Å². The number of ether oxygens (including phenoxy) is 2. The Balaban J connectivity index is 2.84. The molecule has 80 valence electrons. The molecular formula is C10H21BrO2. The lowest BCUT2D eigenvalue weighted by Crippen LogP contribution is -2.03. The maximum absolute atomic E-state index is 5.34. The molecule has 13 heavy (non-hydrogen) atoms. The van der Waals surface area contributed by atoms with Crippen LogP contribution in [0.4, 0.5) is 0 Å². The van der Waals surface area contributed by atoms with Crippen LogP contribution in [0.2, 0.25) is 0 Å². The minimum atomic E-state index is 0.655. The van der Waals surface area contributed by atoms with Gasteiger partial charge in [0.2, 0.25) is 0 Å². The van der Waals surface area contributed by atoms with E-state index in [4.69, 9.17) is 9.47 Å². The number of halogens is 1. The van der Waals surface area contributed by atoms with Crippen LogP contribution in [0.15, 0.2) is 0 Å². The lowest BCUT2D eigenvalue weighted by molar-refractivity contribution is 0.0686. The summed E-state index contributed by atoms with van der Waals surface area (Å²) >= 11 is 3.53. The van der Waals surface area contributed by atoms with Crippen LogP contribution in [-0.2, 0) is 9.47 Å². The van der Waals surface area contributed by atoms with E-state index in [0.717, 1.165) is 13.2 Å². The molecule has 0 rings (SSSR count). The van der Waals surface area contributed by atoms with Crippen LogP contribution in [0.3, 0.4) is 0 Å². The molecule has 0 spiro atoms. The van der Waals surface area contributed by atoms with Gasteiger partial charge in [0.05, 0.1) is 13.2 Å². The van der Waals surface area contributed by atoms with Crippen LogP contribution in [0.5, 0.6) is 0 Å². The molecule has 0 bridgehead atoms. The fourth-order valence-corrected chi connectivity index (χ4v) is 1.37. The number of rotatable bonds is 9. The predicted octanol–water partition coefficient (Wildman–Crippen LogP) is 2.99. The largest absolute Gasteiger partial charge is 0.382 e. The average molecular weight is 253 g/mol. The first kappa shape index (κ1) is 13.4. The molecule has 0 heterocycles. The van der Waals surface area contributed by atoms with E-state index < -0.39 is 0 Å². The number of hydrogen-bond acceptors (Lipinski definition) is 2. The van der Waals surface area contributed by atoms with Gasteiger partial charge in [-0.15, -0.1) is 0 Å². The maximum Gasteiger partial charge on any atom is 0.0700 e. The SMILES string of the molecule is COCCOCCCCCC(C)Br. The van der Waals surface area contributed by atoms with Gasteiger partial charge in [0, 0.05) is 18.5 Å². The Labute approximate surface area is 90.1 Å². The Bertz CT molecular complexity index is 96.9. The van der Waals surface area contributed by atoms with Gasteiger partial charge in [-0.05, 0) is 12.8 Å². The summed E-state index contributed by atoms with van der Waals surface area (Å²) in [5.74, 6) is 0. The average Bonchev–Trinajstić information content (AvgIpc) is 2.09. The molecule has 0 N–H and O–H groups in total. The van der Waals surface area contributed by atoms with Crippen LogP contribution < -0.4 is 0 Å². The molecule has 0 saturated heterocycles. The first-order valence-electron chi connectivity index (χ1n) is 4.98. The molecule has 0 radical (unpaired) electrons. The van der Waals surface area contributed by atoms with E-state index in [9.17, 15) is 0 Å². The lowest BCUT2D eigenvalue weighted by Gasteiger charge is -2.04. The highest BCUT2D eigenvalue weighted by Crippen LogP contribution is 2.09. The Hall–Kier alpha value is 0.400. The van der Waals surface area contributed by atoms with Crippen molar-refractivity contribution in [1.82, 2.24) is 0 Å². The zero-order chi connectivity index (χ0) is 9.94. The minimum Gasteiger partial charge on any atom is -0.382 e. The third kappa shape index (κ3) is 12.4. The van der Waals surface area contributed by atoms with Crippen molar-refractivity contribution in [2.24, 2.45) is 0 Å². The molecule has 1 unspecified atom stereocenters. The highest BCUT2D eigenvalue weighted by Gasteiger charge is 1.95. The van der Waals surface area contributed by atoms with Crippen molar-refractivity contribution >= 4 is 15.9 Å². The van der Waals surface area contributed by atoms with E-state index in [0.29, 0.717) is 11.4 Å². The van der Waals surface area contributed by atoms with Crippen molar-refractivity contribution < 1.29 is 9.47 Å². The second-order valence-corrected chi connectivity index (χ2v) is 4.80. The van der Waals surface area contributed by atoms with Crippen molar-refractivity contribution in [3.8, 4) is 0 Å². The first-order valence-corrected chi connectivity index (χ1v) is 5.89. The van der Waals surface area contributed by atoms with Crippen LogP contribution in [0, 0.1) is 0 Å². The number of methoxy groups -OCH3 is 1. The molecule has 2 nitrogen and oxygen atoms in total. The van der Waals surface area contributed by atoms with Crippen LogP contribution in [0.25, 0.3) is 0 Å². The molecule has 0 fully saturated rings. The predicted molar refractivity (Wildman–Crippen MR) is 59.6 cm³/mol. The Kier molecular flexibility index (Phi) is 10.8. The molecule has 1 atom stereocenters. The third-order valence-corrected chi connectivity index (χ3v) is 2.28. The Morgan fingerprint density at radius 1 is 1.08 bits per heavy atom. The summed E-state index contributed by atoms with van der Waals surface area (Å²) in [7, 11) is 1.70. The zero-order valence-corrected chi connectivity index (χ0v) is 10.3. The van der Waals surface area contributed by atoms with Crippen molar-refractivity contribution in [3.63, 3.8) is 0 Å². The molecule has 0 amide bonds. The highest BCUT2D eigenvalue weighted by molar-refractivity contribution is 9.09. The van der Waals surface area contributed by atoms with Gasteiger partial charge in [0.1, 0.15) is 0 Å². The molecule has 0 aromatic rings. The van der Waals surface area contributed by atoms with E-state index in [1.54, 1.807) is 7.11 Å². The van der Waals surface area contributed by atoms with Gasteiger partial charge < -0.3 is 9.47 Å². The molecule has 3 heteroatoms. The molecule has 0 saturated carbocycles. The van der Waals surface area contributed by atoms with Crippen molar-refractivity contribution in [2.45, 2.75) is 37.4 Å². The topological polar surface area (TPSA) is 18.5 Å². The molecule has 0 aliphatic rings. The third-order valence-electron chi connectivity index (χ3n) is 1.82. The Morgan fingerprint density at radius 2 is 1.85 bits per heavy atom. The van der Waals surface area contributed by atoms with E-state index >= 15 is 0 Å². The second-order valence-electron chi connectivity index (χ2n) is 3.24. The van der Waals surface area contributed by atoms with E-state index in [2.05, 4.69) is 22.9 Å². The van der Waals surface area contributed by atoms with Gasteiger partial charge in [-0.1, -0.05) is 35.7 Å². The molecule has 0 aromatic carbocycles. The molecular weight excluding hydrogens is 232 g/mol. The summed E-state index contributed by atoms with van der Waals surface area (Å²) in [6.07, 6.45) is 4.99. The van der Waals surface area contributed by atoms with E-state index in [1.807, 2.05) is 0 Å². The fourth-order valence-electron chi connectivity index (χ4n) is 1.05.